The first kappa shape index (κ1) is 19.1. The number of piperazine rings is 1. The lowest BCUT2D eigenvalue weighted by atomic mass is 10.1. The molecule has 3 rings (SSSR count). The zero-order valence-corrected chi connectivity index (χ0v) is 15.9. The molecule has 1 aliphatic heterocycles. The molecule has 0 spiro atoms. The van der Waals surface area contributed by atoms with Crippen molar-refractivity contribution in [3.63, 3.8) is 0 Å². The molecular weight excluding hydrogens is 342 g/mol. The van der Waals surface area contributed by atoms with Gasteiger partial charge in [0.05, 0.1) is 12.1 Å². The van der Waals surface area contributed by atoms with Crippen molar-refractivity contribution in [3.05, 3.63) is 52.8 Å². The highest BCUT2D eigenvalue weighted by Gasteiger charge is 2.33. The number of primary amides is 1. The van der Waals surface area contributed by atoms with Crippen molar-refractivity contribution in [2.45, 2.75) is 32.7 Å². The number of benzene rings is 1. The van der Waals surface area contributed by atoms with Crippen molar-refractivity contribution in [2.24, 2.45) is 5.73 Å². The average Bonchev–Trinajstić information content (AvgIpc) is 2.99. The monoisotopic (exact) mass is 369 g/mol. The van der Waals surface area contributed by atoms with Gasteiger partial charge in [0.15, 0.2) is 0 Å². The smallest absolute Gasteiger partial charge is 0.236 e. The summed E-state index contributed by atoms with van der Waals surface area (Å²) in [4.78, 5) is 28.6. The van der Waals surface area contributed by atoms with Gasteiger partial charge in [-0.05, 0) is 25.8 Å². The molecule has 7 nitrogen and oxygen atoms in total. The number of nitrogens with one attached hydrogen (secondary N) is 1. The third-order valence-corrected chi connectivity index (χ3v) is 5.31. The first-order valence-electron chi connectivity index (χ1n) is 9.31. The molecule has 2 heterocycles. The van der Waals surface area contributed by atoms with E-state index >= 15 is 0 Å². The first-order valence-corrected chi connectivity index (χ1v) is 9.31. The number of rotatable bonds is 6. The molecule has 1 aromatic heterocycles. The van der Waals surface area contributed by atoms with Crippen LogP contribution in [-0.2, 0) is 22.4 Å². The predicted octanol–water partition coefficient (Wildman–Crippen LogP) is 0.810. The molecule has 0 saturated carbocycles. The van der Waals surface area contributed by atoms with Gasteiger partial charge in [-0.2, -0.15) is 5.10 Å². The molecule has 0 radical (unpaired) electrons. The number of amides is 2. The molecule has 0 bridgehead atoms. The van der Waals surface area contributed by atoms with Gasteiger partial charge in [-0.3, -0.25) is 19.6 Å². The minimum Gasteiger partial charge on any atom is -0.368 e. The van der Waals surface area contributed by atoms with Crippen LogP contribution in [0.4, 0.5) is 0 Å². The molecule has 27 heavy (non-hydrogen) atoms. The minimum absolute atomic E-state index is 0.0107. The Labute approximate surface area is 159 Å². The number of carbonyl (C=O) groups excluding carboxylic acids is 2. The Bertz CT molecular complexity index is 782. The highest BCUT2D eigenvalue weighted by atomic mass is 16.2. The van der Waals surface area contributed by atoms with E-state index in [4.69, 9.17) is 5.73 Å². The van der Waals surface area contributed by atoms with Crippen LogP contribution in [0.5, 0.6) is 0 Å². The lowest BCUT2D eigenvalue weighted by molar-refractivity contribution is -0.136. The molecule has 1 aromatic carbocycles. The Balaban J connectivity index is 1.61. The molecule has 1 atom stereocenters. The molecular formula is C20H27N5O2. The zero-order chi connectivity index (χ0) is 19.4. The Hall–Kier alpha value is -2.67. The third-order valence-electron chi connectivity index (χ3n) is 5.31. The van der Waals surface area contributed by atoms with E-state index in [9.17, 15) is 9.59 Å². The second-order valence-corrected chi connectivity index (χ2v) is 7.12. The van der Waals surface area contributed by atoms with Crippen molar-refractivity contribution >= 4 is 11.8 Å². The second kappa shape index (κ2) is 8.35. The summed E-state index contributed by atoms with van der Waals surface area (Å²) in [7, 11) is 0. The topological polar surface area (TPSA) is 95.3 Å². The predicted molar refractivity (Wildman–Crippen MR) is 103 cm³/mol. The summed E-state index contributed by atoms with van der Waals surface area (Å²) < 4.78 is 0. The van der Waals surface area contributed by atoms with Gasteiger partial charge in [0, 0.05) is 37.4 Å². The van der Waals surface area contributed by atoms with Crippen molar-refractivity contribution in [3.8, 4) is 0 Å². The van der Waals surface area contributed by atoms with E-state index in [1.807, 2.05) is 32.0 Å². The Morgan fingerprint density at radius 2 is 1.96 bits per heavy atom. The van der Waals surface area contributed by atoms with Crippen LogP contribution in [0.1, 0.15) is 22.5 Å². The number of hydrogen-bond acceptors (Lipinski definition) is 4. The number of aromatic nitrogens is 2. The average molecular weight is 369 g/mol. The lowest BCUT2D eigenvalue weighted by Gasteiger charge is -2.40. The molecule has 0 aliphatic carbocycles. The van der Waals surface area contributed by atoms with Crippen LogP contribution in [0, 0.1) is 13.8 Å². The molecule has 144 valence electrons. The van der Waals surface area contributed by atoms with Crippen molar-refractivity contribution < 1.29 is 9.59 Å². The summed E-state index contributed by atoms with van der Waals surface area (Å²) in [5.41, 5.74) is 9.55. The number of hydrogen-bond donors (Lipinski definition) is 2. The van der Waals surface area contributed by atoms with E-state index in [-0.39, 0.29) is 11.8 Å². The van der Waals surface area contributed by atoms with Gasteiger partial charge in [-0.25, -0.2) is 0 Å². The number of nitrogens with zero attached hydrogens (tertiary/aromatic N) is 3. The van der Waals surface area contributed by atoms with Crippen molar-refractivity contribution in [2.75, 3.05) is 26.2 Å². The fourth-order valence-corrected chi connectivity index (χ4v) is 3.60. The molecule has 1 fully saturated rings. The van der Waals surface area contributed by atoms with Crippen LogP contribution in [0.15, 0.2) is 30.3 Å². The second-order valence-electron chi connectivity index (χ2n) is 7.12. The Morgan fingerprint density at radius 3 is 2.59 bits per heavy atom. The normalized spacial score (nSPS) is 17.9. The molecule has 1 saturated heterocycles. The van der Waals surface area contributed by atoms with Gasteiger partial charge in [0.2, 0.25) is 11.8 Å². The van der Waals surface area contributed by atoms with Gasteiger partial charge < -0.3 is 10.6 Å². The molecule has 2 aromatic rings. The summed E-state index contributed by atoms with van der Waals surface area (Å²) >= 11 is 0. The van der Waals surface area contributed by atoms with Gasteiger partial charge >= 0.3 is 0 Å². The van der Waals surface area contributed by atoms with Gasteiger partial charge in [0.25, 0.3) is 0 Å². The van der Waals surface area contributed by atoms with Crippen LogP contribution in [0.25, 0.3) is 0 Å². The van der Waals surface area contributed by atoms with Crippen LogP contribution < -0.4 is 5.73 Å². The lowest BCUT2D eigenvalue weighted by Crippen LogP contribution is -2.59. The van der Waals surface area contributed by atoms with Crippen LogP contribution >= 0.6 is 0 Å². The maximum atomic E-state index is 12.7. The van der Waals surface area contributed by atoms with E-state index < -0.39 is 6.04 Å². The molecule has 1 unspecified atom stereocenters. The molecule has 7 heteroatoms. The largest absolute Gasteiger partial charge is 0.368 e. The summed E-state index contributed by atoms with van der Waals surface area (Å²) in [5.74, 6) is -0.368. The highest BCUT2D eigenvalue weighted by Crippen LogP contribution is 2.16. The third kappa shape index (κ3) is 4.54. The maximum absolute atomic E-state index is 12.7. The SMILES string of the molecule is Cc1n[nH]c(C)c1CC(=O)N1CCN(CCc2ccccc2)C(C(N)=O)C1. The first-order chi connectivity index (χ1) is 13.0. The van der Waals surface area contributed by atoms with Gasteiger partial charge in [0.1, 0.15) is 6.04 Å². The number of nitrogens with two attached hydrogens (primary N) is 1. The maximum Gasteiger partial charge on any atom is 0.236 e. The van der Waals surface area contributed by atoms with E-state index in [1.54, 1.807) is 4.90 Å². The van der Waals surface area contributed by atoms with E-state index in [0.717, 1.165) is 29.9 Å². The van der Waals surface area contributed by atoms with E-state index in [0.29, 0.717) is 26.1 Å². The van der Waals surface area contributed by atoms with Gasteiger partial charge in [-0.15, -0.1) is 0 Å². The van der Waals surface area contributed by atoms with Crippen LogP contribution in [0.3, 0.4) is 0 Å². The summed E-state index contributed by atoms with van der Waals surface area (Å²) in [6.07, 6.45) is 1.15. The van der Waals surface area contributed by atoms with Crippen LogP contribution in [0.2, 0.25) is 0 Å². The van der Waals surface area contributed by atoms with E-state index in [1.165, 1.54) is 5.56 Å². The molecule has 2 amide bonds. The van der Waals surface area contributed by atoms with Gasteiger partial charge in [-0.1, -0.05) is 30.3 Å². The van der Waals surface area contributed by atoms with Crippen molar-refractivity contribution in [1.82, 2.24) is 20.0 Å². The quantitative estimate of drug-likeness (QED) is 0.788. The summed E-state index contributed by atoms with van der Waals surface area (Å²) in [6.45, 7) is 6.15. The summed E-state index contributed by atoms with van der Waals surface area (Å²) in [6, 6.07) is 9.72. The molecule has 1 aliphatic rings. The Morgan fingerprint density at radius 1 is 1.22 bits per heavy atom. The number of H-pyrrole nitrogens is 1. The Kier molecular flexibility index (Phi) is 5.91. The molecule has 3 N–H and O–H groups in total. The number of aromatic amines is 1. The van der Waals surface area contributed by atoms with E-state index in [2.05, 4.69) is 27.2 Å². The van der Waals surface area contributed by atoms with Crippen LogP contribution in [-0.4, -0.2) is 64.0 Å². The minimum atomic E-state index is -0.446. The highest BCUT2D eigenvalue weighted by molar-refractivity contribution is 5.83. The standard InChI is InChI=1S/C20H27N5O2/c1-14-17(15(2)23-22-14)12-19(26)25-11-10-24(18(13-25)20(21)27)9-8-16-6-4-3-5-7-16/h3-7,18H,8-13H2,1-2H3,(H2,21,27)(H,22,23). The number of aryl methyl sites for hydroxylation is 2. The fourth-order valence-electron chi connectivity index (χ4n) is 3.60. The zero-order valence-electron chi connectivity index (χ0n) is 15.9. The van der Waals surface area contributed by atoms with Crippen molar-refractivity contribution in [1.29, 1.82) is 0 Å². The summed E-state index contributed by atoms with van der Waals surface area (Å²) in [5, 5.41) is 7.05. The fraction of sp³-hybridized carbons (Fsp3) is 0.450. The number of carbonyl (C=O) groups is 2.